The van der Waals surface area contributed by atoms with Crippen LogP contribution in [-0.2, 0) is 9.59 Å². The Morgan fingerprint density at radius 3 is 2.45 bits per heavy atom. The van der Waals surface area contributed by atoms with E-state index >= 15 is 0 Å². The summed E-state index contributed by atoms with van der Waals surface area (Å²) in [6.07, 6.45) is 2.62. The first kappa shape index (κ1) is 15.3. The first-order valence-electron chi connectivity index (χ1n) is 6.51. The highest BCUT2D eigenvalue weighted by atomic mass is 35.5. The van der Waals surface area contributed by atoms with Crippen molar-refractivity contribution in [3.05, 3.63) is 28.2 Å². The molecule has 0 aliphatic carbocycles. The smallest absolute Gasteiger partial charge is 0.238 e. The number of aldehydes is 1. The fourth-order valence-electron chi connectivity index (χ4n) is 2.25. The molecule has 1 aliphatic rings. The third-order valence-corrected chi connectivity index (χ3v) is 4.05. The fraction of sp³-hybridized carbons (Fsp3) is 0.429. The van der Waals surface area contributed by atoms with Crippen molar-refractivity contribution in [3.8, 4) is 0 Å². The Morgan fingerprint density at radius 2 is 1.90 bits per heavy atom. The van der Waals surface area contributed by atoms with Crippen LogP contribution < -0.4 is 5.32 Å². The first-order chi connectivity index (χ1) is 9.60. The number of carbonyl (C=O) groups is 2. The molecule has 1 fully saturated rings. The van der Waals surface area contributed by atoms with Gasteiger partial charge >= 0.3 is 0 Å². The molecular formula is C14H16Cl2N2O2. The van der Waals surface area contributed by atoms with Gasteiger partial charge in [0.05, 0.1) is 22.3 Å². The maximum atomic E-state index is 12.0. The van der Waals surface area contributed by atoms with Gasteiger partial charge in [0.2, 0.25) is 5.91 Å². The zero-order chi connectivity index (χ0) is 14.5. The van der Waals surface area contributed by atoms with Crippen LogP contribution in [-0.4, -0.2) is 36.7 Å². The molecule has 0 spiro atoms. The van der Waals surface area contributed by atoms with E-state index in [4.69, 9.17) is 23.2 Å². The van der Waals surface area contributed by atoms with Gasteiger partial charge < -0.3 is 10.1 Å². The lowest BCUT2D eigenvalue weighted by molar-refractivity contribution is -0.117. The van der Waals surface area contributed by atoms with Crippen molar-refractivity contribution < 1.29 is 9.59 Å². The lowest BCUT2D eigenvalue weighted by Gasteiger charge is -2.28. The van der Waals surface area contributed by atoms with E-state index in [1.165, 1.54) is 0 Å². The number of halogens is 2. The average molecular weight is 315 g/mol. The number of hydrogen-bond acceptors (Lipinski definition) is 3. The molecule has 0 unspecified atom stereocenters. The minimum Gasteiger partial charge on any atom is -0.322 e. The highest BCUT2D eigenvalue weighted by molar-refractivity contribution is 6.39. The van der Waals surface area contributed by atoms with Crippen molar-refractivity contribution >= 4 is 41.1 Å². The van der Waals surface area contributed by atoms with Crippen molar-refractivity contribution in [2.45, 2.75) is 12.8 Å². The Kier molecular flexibility index (Phi) is 5.40. The van der Waals surface area contributed by atoms with Crippen molar-refractivity contribution in [1.29, 1.82) is 0 Å². The maximum Gasteiger partial charge on any atom is 0.238 e. The minimum atomic E-state index is -0.149. The van der Waals surface area contributed by atoms with E-state index in [9.17, 15) is 9.59 Å². The van der Waals surface area contributed by atoms with Gasteiger partial charge in [0.1, 0.15) is 6.29 Å². The normalized spacial score (nSPS) is 16.9. The van der Waals surface area contributed by atoms with E-state index in [1.54, 1.807) is 18.2 Å². The molecule has 20 heavy (non-hydrogen) atoms. The molecular weight excluding hydrogens is 299 g/mol. The zero-order valence-electron chi connectivity index (χ0n) is 10.9. The summed E-state index contributed by atoms with van der Waals surface area (Å²) >= 11 is 12.0. The van der Waals surface area contributed by atoms with E-state index in [1.807, 2.05) is 4.90 Å². The monoisotopic (exact) mass is 314 g/mol. The summed E-state index contributed by atoms with van der Waals surface area (Å²) in [6.45, 7) is 1.80. The van der Waals surface area contributed by atoms with Gasteiger partial charge in [0.15, 0.2) is 0 Å². The van der Waals surface area contributed by atoms with Gasteiger partial charge in [-0.3, -0.25) is 9.69 Å². The standard InChI is InChI=1S/C14H16Cl2N2O2/c15-11-2-1-3-12(16)14(11)17-13(20)8-18-6-4-10(9-19)5-7-18/h1-3,9-10H,4-8H2,(H,17,20). The summed E-state index contributed by atoms with van der Waals surface area (Å²) in [6, 6.07) is 5.09. The molecule has 6 heteroatoms. The van der Waals surface area contributed by atoms with Crippen LogP contribution in [0.5, 0.6) is 0 Å². The molecule has 1 aromatic carbocycles. The number of hydrogen-bond donors (Lipinski definition) is 1. The van der Waals surface area contributed by atoms with E-state index in [2.05, 4.69) is 5.32 Å². The number of carbonyl (C=O) groups excluding carboxylic acids is 2. The molecule has 1 aromatic rings. The third kappa shape index (κ3) is 3.95. The molecule has 1 saturated heterocycles. The van der Waals surface area contributed by atoms with Crippen LogP contribution in [0.25, 0.3) is 0 Å². The second kappa shape index (κ2) is 7.07. The van der Waals surface area contributed by atoms with Crippen molar-refractivity contribution in [2.75, 3.05) is 25.0 Å². The zero-order valence-corrected chi connectivity index (χ0v) is 12.5. The Bertz CT molecular complexity index is 480. The molecule has 1 amide bonds. The minimum absolute atomic E-state index is 0.132. The molecule has 0 aromatic heterocycles. The van der Waals surface area contributed by atoms with Crippen LogP contribution in [0.15, 0.2) is 18.2 Å². The second-order valence-corrected chi connectivity index (χ2v) is 5.71. The Morgan fingerprint density at radius 1 is 1.30 bits per heavy atom. The molecule has 0 radical (unpaired) electrons. The van der Waals surface area contributed by atoms with Gasteiger partial charge in [-0.1, -0.05) is 29.3 Å². The van der Waals surface area contributed by atoms with Crippen molar-refractivity contribution in [2.24, 2.45) is 5.92 Å². The molecule has 1 heterocycles. The van der Waals surface area contributed by atoms with Crippen LogP contribution in [0.1, 0.15) is 12.8 Å². The first-order valence-corrected chi connectivity index (χ1v) is 7.27. The van der Waals surface area contributed by atoms with Crippen molar-refractivity contribution in [1.82, 2.24) is 4.90 Å². The Labute approximate surface area is 128 Å². The summed E-state index contributed by atoms with van der Waals surface area (Å²) in [7, 11) is 0. The Balaban J connectivity index is 1.88. The van der Waals surface area contributed by atoms with Gasteiger partial charge in [0.25, 0.3) is 0 Å². The fourth-order valence-corrected chi connectivity index (χ4v) is 2.74. The lowest BCUT2D eigenvalue weighted by Crippen LogP contribution is -2.39. The number of rotatable bonds is 4. The van der Waals surface area contributed by atoms with Crippen LogP contribution >= 0.6 is 23.2 Å². The number of likely N-dealkylation sites (tertiary alicyclic amines) is 1. The summed E-state index contributed by atoms with van der Waals surface area (Å²) in [4.78, 5) is 24.7. The Hall–Kier alpha value is -1.10. The number of nitrogens with zero attached hydrogens (tertiary/aromatic N) is 1. The van der Waals surface area contributed by atoms with Gasteiger partial charge in [-0.2, -0.15) is 0 Å². The van der Waals surface area contributed by atoms with Gasteiger partial charge in [0, 0.05) is 5.92 Å². The molecule has 0 saturated carbocycles. The highest BCUT2D eigenvalue weighted by Gasteiger charge is 2.20. The molecule has 0 bridgehead atoms. The van der Waals surface area contributed by atoms with Gasteiger partial charge in [-0.15, -0.1) is 0 Å². The molecule has 1 aliphatic heterocycles. The molecule has 2 rings (SSSR count). The summed E-state index contributed by atoms with van der Waals surface area (Å²) < 4.78 is 0. The van der Waals surface area contributed by atoms with Crippen LogP contribution in [0.2, 0.25) is 10.0 Å². The van der Waals surface area contributed by atoms with Gasteiger partial charge in [-0.05, 0) is 38.1 Å². The molecule has 4 nitrogen and oxygen atoms in total. The number of nitrogens with one attached hydrogen (secondary N) is 1. The largest absolute Gasteiger partial charge is 0.322 e. The molecule has 0 atom stereocenters. The number of amides is 1. The predicted octanol–water partition coefficient (Wildman–Crippen LogP) is 2.84. The number of benzene rings is 1. The number of piperidine rings is 1. The van der Waals surface area contributed by atoms with Crippen LogP contribution in [0, 0.1) is 5.92 Å². The topological polar surface area (TPSA) is 49.4 Å². The maximum absolute atomic E-state index is 12.0. The summed E-state index contributed by atoms with van der Waals surface area (Å²) in [5, 5.41) is 3.58. The molecule has 1 N–H and O–H groups in total. The highest BCUT2D eigenvalue weighted by Crippen LogP contribution is 2.29. The molecule has 108 valence electrons. The summed E-state index contributed by atoms with van der Waals surface area (Å²) in [5.74, 6) is -0.0168. The third-order valence-electron chi connectivity index (χ3n) is 3.42. The number of para-hydroxylation sites is 1. The van der Waals surface area contributed by atoms with Gasteiger partial charge in [-0.25, -0.2) is 0 Å². The van der Waals surface area contributed by atoms with Crippen LogP contribution in [0.4, 0.5) is 5.69 Å². The van der Waals surface area contributed by atoms with Crippen molar-refractivity contribution in [3.63, 3.8) is 0 Å². The predicted molar refractivity (Wildman–Crippen MR) is 80.3 cm³/mol. The van der Waals surface area contributed by atoms with E-state index in [-0.39, 0.29) is 18.4 Å². The lowest BCUT2D eigenvalue weighted by atomic mass is 9.99. The SMILES string of the molecule is O=CC1CCN(CC(=O)Nc2c(Cl)cccc2Cl)CC1. The van der Waals surface area contributed by atoms with E-state index < -0.39 is 0 Å². The second-order valence-electron chi connectivity index (χ2n) is 4.89. The van der Waals surface area contributed by atoms with E-state index in [0.29, 0.717) is 15.7 Å². The summed E-state index contributed by atoms with van der Waals surface area (Å²) in [5.41, 5.74) is 0.448. The van der Waals surface area contributed by atoms with E-state index in [0.717, 1.165) is 32.2 Å². The number of anilines is 1. The average Bonchev–Trinajstić information content (AvgIpc) is 2.44. The van der Waals surface area contributed by atoms with Crippen LogP contribution in [0.3, 0.4) is 0 Å². The quantitative estimate of drug-likeness (QED) is 0.869.